The van der Waals surface area contributed by atoms with Crippen LogP contribution in [0, 0.1) is 0 Å². The minimum absolute atomic E-state index is 0.00561. The van der Waals surface area contributed by atoms with Gasteiger partial charge in [0.15, 0.2) is 0 Å². The maximum atomic E-state index is 11.7. The predicted octanol–water partition coefficient (Wildman–Crippen LogP) is 4.21. The highest BCUT2D eigenvalue weighted by Crippen LogP contribution is 2.11. The molecule has 0 aliphatic rings. The second-order valence-corrected chi connectivity index (χ2v) is 5.83. The third-order valence-electron chi connectivity index (χ3n) is 2.64. The SMILES string of the molecule is C=C(CCCCCCCC)C(=O)NC(C)(C)C. The molecule has 100 valence electrons. The van der Waals surface area contributed by atoms with Gasteiger partial charge in [0, 0.05) is 11.1 Å². The third kappa shape index (κ3) is 10.1. The van der Waals surface area contributed by atoms with E-state index >= 15 is 0 Å². The number of amides is 1. The fourth-order valence-electron chi connectivity index (χ4n) is 1.66. The number of carbonyl (C=O) groups is 1. The molecule has 0 unspecified atom stereocenters. The van der Waals surface area contributed by atoms with E-state index in [0.29, 0.717) is 0 Å². The zero-order chi connectivity index (χ0) is 13.3. The lowest BCUT2D eigenvalue weighted by molar-refractivity contribution is -0.118. The maximum absolute atomic E-state index is 11.7. The topological polar surface area (TPSA) is 29.1 Å². The van der Waals surface area contributed by atoms with E-state index in [-0.39, 0.29) is 11.4 Å². The molecular formula is C15H29NO. The molecule has 2 heteroatoms. The van der Waals surface area contributed by atoms with Crippen molar-refractivity contribution in [3.63, 3.8) is 0 Å². The predicted molar refractivity (Wildman–Crippen MR) is 75.0 cm³/mol. The number of nitrogens with one attached hydrogen (secondary N) is 1. The van der Waals surface area contributed by atoms with Crippen LogP contribution >= 0.6 is 0 Å². The van der Waals surface area contributed by atoms with Crippen molar-refractivity contribution >= 4 is 5.91 Å². The van der Waals surface area contributed by atoms with Crippen molar-refractivity contribution in [3.05, 3.63) is 12.2 Å². The van der Waals surface area contributed by atoms with Gasteiger partial charge >= 0.3 is 0 Å². The van der Waals surface area contributed by atoms with Gasteiger partial charge in [0.05, 0.1) is 0 Å². The van der Waals surface area contributed by atoms with Crippen molar-refractivity contribution in [2.45, 2.75) is 78.2 Å². The number of carbonyl (C=O) groups excluding carboxylic acids is 1. The Balaban J connectivity index is 3.62. The molecule has 0 saturated carbocycles. The van der Waals surface area contributed by atoms with Crippen molar-refractivity contribution in [1.82, 2.24) is 5.32 Å². The molecule has 0 aliphatic heterocycles. The van der Waals surface area contributed by atoms with Crippen molar-refractivity contribution in [1.29, 1.82) is 0 Å². The summed E-state index contributed by atoms with van der Waals surface area (Å²) in [5.41, 5.74) is 0.552. The molecule has 2 nitrogen and oxygen atoms in total. The molecule has 0 fully saturated rings. The molecule has 17 heavy (non-hydrogen) atoms. The molecule has 0 aromatic rings. The standard InChI is InChI=1S/C15H29NO/c1-6-7-8-9-10-11-12-13(2)14(17)16-15(3,4)5/h2,6-12H2,1,3-5H3,(H,16,17). The average molecular weight is 239 g/mol. The van der Waals surface area contributed by atoms with Crippen LogP contribution in [0.3, 0.4) is 0 Å². The van der Waals surface area contributed by atoms with E-state index in [9.17, 15) is 4.79 Å². The minimum atomic E-state index is -0.166. The van der Waals surface area contributed by atoms with Crippen LogP contribution < -0.4 is 5.32 Å². The molecule has 0 aliphatic carbocycles. The van der Waals surface area contributed by atoms with Gasteiger partial charge in [0.1, 0.15) is 0 Å². The maximum Gasteiger partial charge on any atom is 0.246 e. The molecule has 0 atom stereocenters. The van der Waals surface area contributed by atoms with Crippen molar-refractivity contribution in [2.24, 2.45) is 0 Å². The van der Waals surface area contributed by atoms with Gasteiger partial charge in [-0.2, -0.15) is 0 Å². The molecular weight excluding hydrogens is 210 g/mol. The van der Waals surface area contributed by atoms with Gasteiger partial charge < -0.3 is 5.32 Å². The number of rotatable bonds is 8. The summed E-state index contributed by atoms with van der Waals surface area (Å²) in [7, 11) is 0. The van der Waals surface area contributed by atoms with Gasteiger partial charge in [-0.1, -0.05) is 45.6 Å². The summed E-state index contributed by atoms with van der Waals surface area (Å²) in [5.74, 6) is 0.00561. The van der Waals surface area contributed by atoms with Crippen LogP contribution in [0.5, 0.6) is 0 Å². The van der Waals surface area contributed by atoms with Gasteiger partial charge in [0.25, 0.3) is 0 Å². The van der Waals surface area contributed by atoms with Crippen molar-refractivity contribution in [2.75, 3.05) is 0 Å². The first-order valence-electron chi connectivity index (χ1n) is 6.87. The summed E-state index contributed by atoms with van der Waals surface area (Å²) in [5, 5.41) is 2.94. The lowest BCUT2D eigenvalue weighted by Gasteiger charge is -2.21. The molecule has 0 aromatic carbocycles. The summed E-state index contributed by atoms with van der Waals surface area (Å²) in [6.07, 6.45) is 8.32. The van der Waals surface area contributed by atoms with Crippen molar-refractivity contribution in [3.8, 4) is 0 Å². The highest BCUT2D eigenvalue weighted by atomic mass is 16.1. The monoisotopic (exact) mass is 239 g/mol. The van der Waals surface area contributed by atoms with E-state index in [0.717, 1.165) is 18.4 Å². The summed E-state index contributed by atoms with van der Waals surface area (Å²) >= 11 is 0. The highest BCUT2D eigenvalue weighted by molar-refractivity contribution is 5.93. The third-order valence-corrected chi connectivity index (χ3v) is 2.64. The highest BCUT2D eigenvalue weighted by Gasteiger charge is 2.15. The summed E-state index contributed by atoms with van der Waals surface area (Å²) in [4.78, 5) is 11.7. The summed E-state index contributed by atoms with van der Waals surface area (Å²) in [6.45, 7) is 12.0. The Labute approximate surface area is 107 Å². The Morgan fingerprint density at radius 1 is 1.06 bits per heavy atom. The molecule has 1 N–H and O–H groups in total. The quantitative estimate of drug-likeness (QED) is 0.499. The number of hydrogen-bond acceptors (Lipinski definition) is 1. The Morgan fingerprint density at radius 2 is 1.59 bits per heavy atom. The van der Waals surface area contributed by atoms with Crippen molar-refractivity contribution < 1.29 is 4.79 Å². The van der Waals surface area contributed by atoms with Gasteiger partial charge in [-0.15, -0.1) is 0 Å². The normalized spacial score (nSPS) is 11.3. The molecule has 0 heterocycles. The molecule has 1 amide bonds. The van der Waals surface area contributed by atoms with Gasteiger partial charge in [0.2, 0.25) is 5.91 Å². The number of unbranched alkanes of at least 4 members (excludes halogenated alkanes) is 5. The van der Waals surface area contributed by atoms with E-state index in [1.54, 1.807) is 0 Å². The Bertz CT molecular complexity index is 238. The molecule has 0 spiro atoms. The Hall–Kier alpha value is -0.790. The minimum Gasteiger partial charge on any atom is -0.348 e. The molecule has 0 aromatic heterocycles. The van der Waals surface area contributed by atoms with Crippen LogP contribution in [0.15, 0.2) is 12.2 Å². The zero-order valence-electron chi connectivity index (χ0n) is 12.1. The summed E-state index contributed by atoms with van der Waals surface area (Å²) in [6, 6.07) is 0. The molecule has 0 rings (SSSR count). The molecule has 0 saturated heterocycles. The second-order valence-electron chi connectivity index (χ2n) is 5.83. The van der Waals surface area contributed by atoms with Crippen LogP contribution in [-0.4, -0.2) is 11.4 Å². The first-order chi connectivity index (χ1) is 7.87. The van der Waals surface area contributed by atoms with Crippen LogP contribution in [-0.2, 0) is 4.79 Å². The van der Waals surface area contributed by atoms with Crippen LogP contribution in [0.4, 0.5) is 0 Å². The lowest BCUT2D eigenvalue weighted by atomic mass is 10.0. The van der Waals surface area contributed by atoms with Gasteiger partial charge in [-0.25, -0.2) is 0 Å². The van der Waals surface area contributed by atoms with E-state index < -0.39 is 0 Å². The largest absolute Gasteiger partial charge is 0.348 e. The van der Waals surface area contributed by atoms with Crippen LogP contribution in [0.25, 0.3) is 0 Å². The van der Waals surface area contributed by atoms with E-state index in [1.807, 2.05) is 20.8 Å². The van der Waals surface area contributed by atoms with E-state index in [1.165, 1.54) is 32.1 Å². The Kier molecular flexibility index (Phi) is 7.94. The van der Waals surface area contributed by atoms with Gasteiger partial charge in [-0.05, 0) is 33.6 Å². The first kappa shape index (κ1) is 16.2. The van der Waals surface area contributed by atoms with E-state index in [4.69, 9.17) is 0 Å². The second kappa shape index (κ2) is 8.32. The molecule has 0 bridgehead atoms. The fourth-order valence-corrected chi connectivity index (χ4v) is 1.66. The lowest BCUT2D eigenvalue weighted by Crippen LogP contribution is -2.41. The smallest absolute Gasteiger partial charge is 0.246 e. The molecule has 0 radical (unpaired) electrons. The Morgan fingerprint density at radius 3 is 2.12 bits per heavy atom. The first-order valence-corrected chi connectivity index (χ1v) is 6.87. The summed E-state index contributed by atoms with van der Waals surface area (Å²) < 4.78 is 0. The fraction of sp³-hybridized carbons (Fsp3) is 0.800. The number of hydrogen-bond donors (Lipinski definition) is 1. The van der Waals surface area contributed by atoms with E-state index in [2.05, 4.69) is 18.8 Å². The zero-order valence-corrected chi connectivity index (χ0v) is 12.1. The average Bonchev–Trinajstić information content (AvgIpc) is 2.20. The van der Waals surface area contributed by atoms with Crippen LogP contribution in [0.2, 0.25) is 0 Å². The van der Waals surface area contributed by atoms with Gasteiger partial charge in [-0.3, -0.25) is 4.79 Å². The van der Waals surface area contributed by atoms with Crippen LogP contribution in [0.1, 0.15) is 72.6 Å².